The molecule has 38 heavy (non-hydrogen) atoms. The van der Waals surface area contributed by atoms with Gasteiger partial charge in [-0.2, -0.15) is 0 Å². The normalized spacial score (nSPS) is 21.1. The second kappa shape index (κ2) is 8.63. The Morgan fingerprint density at radius 2 is 1.87 bits per heavy atom. The van der Waals surface area contributed by atoms with Gasteiger partial charge in [-0.05, 0) is 74.0 Å². The lowest BCUT2D eigenvalue weighted by molar-refractivity contribution is 0.600. The van der Waals surface area contributed by atoms with Gasteiger partial charge in [0, 0.05) is 68.7 Å². The summed E-state index contributed by atoms with van der Waals surface area (Å²) in [5.74, 6) is 2.29. The third-order valence-corrected chi connectivity index (χ3v) is 8.85. The summed E-state index contributed by atoms with van der Waals surface area (Å²) < 4.78 is 0. The smallest absolute Gasteiger partial charge is 0.163 e. The molecule has 0 radical (unpaired) electrons. The van der Waals surface area contributed by atoms with E-state index in [0.717, 1.165) is 65.1 Å². The minimum Gasteiger partial charge on any atom is -0.351 e. The van der Waals surface area contributed by atoms with E-state index in [2.05, 4.69) is 31.2 Å². The van der Waals surface area contributed by atoms with Gasteiger partial charge in [-0.25, -0.2) is 15.0 Å². The maximum Gasteiger partial charge on any atom is 0.163 e. The molecule has 2 unspecified atom stereocenters. The molecule has 0 amide bonds. The van der Waals surface area contributed by atoms with Crippen LogP contribution in [0.15, 0.2) is 48.9 Å². The molecule has 0 spiro atoms. The fourth-order valence-corrected chi connectivity index (χ4v) is 6.71. The van der Waals surface area contributed by atoms with Crippen LogP contribution in [0.5, 0.6) is 0 Å². The van der Waals surface area contributed by atoms with Crippen LogP contribution in [0.2, 0.25) is 10.0 Å². The van der Waals surface area contributed by atoms with Gasteiger partial charge in [0.2, 0.25) is 0 Å². The average molecular weight is 542 g/mol. The van der Waals surface area contributed by atoms with Crippen LogP contribution in [0.1, 0.15) is 37.2 Å². The van der Waals surface area contributed by atoms with E-state index in [1.165, 1.54) is 23.8 Å². The molecule has 9 heteroatoms. The summed E-state index contributed by atoms with van der Waals surface area (Å²) in [5, 5.41) is 7.05. The summed E-state index contributed by atoms with van der Waals surface area (Å²) in [6.45, 7) is 2.05. The van der Waals surface area contributed by atoms with E-state index < -0.39 is 0 Å². The summed E-state index contributed by atoms with van der Waals surface area (Å²) in [7, 11) is 0. The van der Waals surface area contributed by atoms with Crippen molar-refractivity contribution in [1.29, 1.82) is 0 Å². The number of pyridine rings is 2. The molecule has 2 N–H and O–H groups in total. The topological polar surface area (TPSA) is 82.6 Å². The second-order valence-corrected chi connectivity index (χ2v) is 11.4. The number of hydrogen-bond acceptors (Lipinski definition) is 6. The zero-order valence-corrected chi connectivity index (χ0v) is 22.1. The number of nitrogens with one attached hydrogen (secondary N) is 2. The van der Waals surface area contributed by atoms with E-state index in [-0.39, 0.29) is 0 Å². The Labute approximate surface area is 229 Å². The number of H-pyrrole nitrogens is 1. The molecule has 6 heterocycles. The SMILES string of the molecule is Clc1ccc(Cl)c(-c2cc3c(-c4nc(N5CCC6NCCC65)c5c(C6CC6)cncc5n4)ccnc3[nH]2)c1. The van der Waals surface area contributed by atoms with Crippen LogP contribution < -0.4 is 10.2 Å². The maximum atomic E-state index is 6.52. The minimum absolute atomic E-state index is 0.461. The Kier molecular flexibility index (Phi) is 5.15. The number of nitrogens with zero attached hydrogens (tertiary/aromatic N) is 5. The summed E-state index contributed by atoms with van der Waals surface area (Å²) in [6, 6.07) is 10.5. The minimum atomic E-state index is 0.461. The van der Waals surface area contributed by atoms with E-state index in [4.69, 9.17) is 33.2 Å². The van der Waals surface area contributed by atoms with Crippen LogP contribution in [-0.4, -0.2) is 50.1 Å². The van der Waals surface area contributed by atoms with Crippen molar-refractivity contribution < 1.29 is 0 Å². The van der Waals surface area contributed by atoms with Crippen LogP contribution in [0.25, 0.3) is 44.6 Å². The Hall–Kier alpha value is -3.26. The van der Waals surface area contributed by atoms with Crippen molar-refractivity contribution in [2.45, 2.75) is 43.7 Å². The first-order valence-corrected chi connectivity index (χ1v) is 14.0. The van der Waals surface area contributed by atoms with Gasteiger partial charge < -0.3 is 15.2 Å². The van der Waals surface area contributed by atoms with Gasteiger partial charge in [-0.15, -0.1) is 0 Å². The van der Waals surface area contributed by atoms with E-state index in [0.29, 0.717) is 33.9 Å². The molecule has 7 nitrogen and oxygen atoms in total. The van der Waals surface area contributed by atoms with Crippen LogP contribution in [-0.2, 0) is 0 Å². The number of anilines is 1. The summed E-state index contributed by atoms with van der Waals surface area (Å²) in [6.07, 6.45) is 10.4. The van der Waals surface area contributed by atoms with E-state index >= 15 is 0 Å². The molecule has 2 atom stereocenters. The number of fused-ring (bicyclic) bond motifs is 3. The standard InChI is InChI=1S/C29H25Cl2N7/c30-16-3-4-21(31)19(11-16)23-12-18-17(5-8-34-27(18)35-23)28-36-24-14-32-13-20(15-1-2-15)26(24)29(37-28)38-10-7-22-25(38)6-9-33-22/h3-5,8,11-15,22,25,33H,1-2,6-7,9-10H2,(H,34,35). The quantitative estimate of drug-likeness (QED) is 0.275. The lowest BCUT2D eigenvalue weighted by Gasteiger charge is -2.27. The fraction of sp³-hybridized carbons (Fsp3) is 0.310. The second-order valence-electron chi connectivity index (χ2n) is 10.6. The van der Waals surface area contributed by atoms with Gasteiger partial charge in [-0.3, -0.25) is 4.98 Å². The Morgan fingerprint density at radius 3 is 2.76 bits per heavy atom. The van der Waals surface area contributed by atoms with E-state index in [1.807, 2.05) is 30.6 Å². The first-order chi connectivity index (χ1) is 18.6. The molecule has 3 fully saturated rings. The van der Waals surface area contributed by atoms with Crippen molar-refractivity contribution in [3.63, 3.8) is 0 Å². The van der Waals surface area contributed by atoms with E-state index in [9.17, 15) is 0 Å². The summed E-state index contributed by atoms with van der Waals surface area (Å²) in [4.78, 5) is 25.6. The summed E-state index contributed by atoms with van der Waals surface area (Å²) in [5.41, 5.74) is 5.56. The van der Waals surface area contributed by atoms with Crippen molar-refractivity contribution in [3.8, 4) is 22.6 Å². The molecule has 5 aromatic rings. The molecule has 2 aliphatic heterocycles. The predicted octanol–water partition coefficient (Wildman–Crippen LogP) is 6.36. The highest BCUT2D eigenvalue weighted by Gasteiger charge is 2.40. The van der Waals surface area contributed by atoms with Gasteiger partial charge in [0.15, 0.2) is 5.82 Å². The zero-order valence-electron chi connectivity index (χ0n) is 20.6. The number of benzene rings is 1. The zero-order chi connectivity index (χ0) is 25.4. The molecule has 1 saturated carbocycles. The fourth-order valence-electron chi connectivity index (χ4n) is 6.32. The van der Waals surface area contributed by atoms with Gasteiger partial charge in [0.25, 0.3) is 0 Å². The van der Waals surface area contributed by atoms with E-state index in [1.54, 1.807) is 12.3 Å². The molecule has 0 bridgehead atoms. The van der Waals surface area contributed by atoms with Gasteiger partial charge in [0.05, 0.1) is 11.7 Å². The molecular formula is C29H25Cl2N7. The Morgan fingerprint density at radius 1 is 0.947 bits per heavy atom. The number of aromatic amines is 1. The highest BCUT2D eigenvalue weighted by molar-refractivity contribution is 6.35. The largest absolute Gasteiger partial charge is 0.351 e. The Balaban J connectivity index is 1.33. The van der Waals surface area contributed by atoms with Gasteiger partial charge in [0.1, 0.15) is 11.5 Å². The van der Waals surface area contributed by atoms with Crippen molar-refractivity contribution in [1.82, 2.24) is 30.2 Å². The van der Waals surface area contributed by atoms with Crippen molar-refractivity contribution in [3.05, 3.63) is 64.5 Å². The average Bonchev–Trinajstić information content (AvgIpc) is 3.31. The predicted molar refractivity (Wildman–Crippen MR) is 152 cm³/mol. The third-order valence-electron chi connectivity index (χ3n) is 8.29. The highest BCUT2D eigenvalue weighted by Crippen LogP contribution is 2.46. The first-order valence-electron chi connectivity index (χ1n) is 13.2. The lowest BCUT2D eigenvalue weighted by atomic mass is 10.1. The van der Waals surface area contributed by atoms with Gasteiger partial charge in [-0.1, -0.05) is 23.2 Å². The molecule has 8 rings (SSSR count). The molecular weight excluding hydrogens is 517 g/mol. The van der Waals surface area contributed by atoms with Crippen molar-refractivity contribution in [2.75, 3.05) is 18.0 Å². The molecule has 4 aromatic heterocycles. The third kappa shape index (κ3) is 3.60. The molecule has 1 aliphatic carbocycles. The highest BCUT2D eigenvalue weighted by atomic mass is 35.5. The molecule has 1 aromatic carbocycles. The first kappa shape index (κ1) is 22.7. The summed E-state index contributed by atoms with van der Waals surface area (Å²) >= 11 is 12.8. The van der Waals surface area contributed by atoms with Crippen LogP contribution in [0.3, 0.4) is 0 Å². The van der Waals surface area contributed by atoms with Crippen LogP contribution in [0.4, 0.5) is 5.82 Å². The molecule has 3 aliphatic rings. The van der Waals surface area contributed by atoms with Crippen LogP contribution in [0, 0.1) is 0 Å². The molecule has 2 saturated heterocycles. The number of aromatic nitrogens is 5. The number of hydrogen-bond donors (Lipinski definition) is 2. The molecule has 190 valence electrons. The number of halogens is 2. The monoisotopic (exact) mass is 541 g/mol. The van der Waals surface area contributed by atoms with Gasteiger partial charge >= 0.3 is 0 Å². The maximum absolute atomic E-state index is 6.52. The lowest BCUT2D eigenvalue weighted by Crippen LogP contribution is -2.35. The Bertz CT molecular complexity index is 1730. The van der Waals surface area contributed by atoms with Crippen molar-refractivity contribution in [2.24, 2.45) is 0 Å². The van der Waals surface area contributed by atoms with Crippen molar-refractivity contribution >= 4 is 51.0 Å². The van der Waals surface area contributed by atoms with Crippen LogP contribution >= 0.6 is 23.2 Å². The number of rotatable bonds is 4.